The van der Waals surface area contributed by atoms with Gasteiger partial charge in [-0.1, -0.05) is 6.92 Å². The van der Waals surface area contributed by atoms with Gasteiger partial charge >= 0.3 is 0 Å². The van der Waals surface area contributed by atoms with Crippen LogP contribution in [0.2, 0.25) is 0 Å². The summed E-state index contributed by atoms with van der Waals surface area (Å²) in [5.41, 5.74) is 1.94. The van der Waals surface area contributed by atoms with Gasteiger partial charge in [0.15, 0.2) is 5.78 Å². The van der Waals surface area contributed by atoms with E-state index in [0.717, 1.165) is 0 Å². The average Bonchev–Trinajstić information content (AvgIpc) is 2.59. The molecule has 0 fully saturated rings. The minimum Gasteiger partial charge on any atom is -0.358 e. The van der Waals surface area contributed by atoms with E-state index >= 15 is 0 Å². The van der Waals surface area contributed by atoms with Crippen molar-refractivity contribution >= 4 is 5.78 Å². The number of ketones is 1. The Labute approximate surface area is 83.8 Å². The molecule has 0 aliphatic carbocycles. The van der Waals surface area contributed by atoms with Crippen molar-refractivity contribution in [2.45, 2.75) is 26.4 Å². The summed E-state index contributed by atoms with van der Waals surface area (Å²) in [6, 6.07) is 0. The molecule has 2 aliphatic rings. The van der Waals surface area contributed by atoms with Gasteiger partial charge in [-0.15, -0.1) is 0 Å². The molecule has 3 nitrogen and oxygen atoms in total. The lowest BCUT2D eigenvalue weighted by Crippen LogP contribution is -2.33. The second-order valence-corrected chi connectivity index (χ2v) is 3.58. The third kappa shape index (κ3) is 1.45. The zero-order valence-electron chi connectivity index (χ0n) is 8.45. The van der Waals surface area contributed by atoms with Gasteiger partial charge in [-0.3, -0.25) is 4.79 Å². The van der Waals surface area contributed by atoms with Gasteiger partial charge in [-0.05, 0) is 24.6 Å². The molecule has 2 aliphatic heterocycles. The van der Waals surface area contributed by atoms with Crippen LogP contribution < -0.4 is 5.32 Å². The number of hydrogen-bond acceptors (Lipinski definition) is 3. The third-order valence-corrected chi connectivity index (χ3v) is 2.45. The van der Waals surface area contributed by atoms with E-state index in [1.165, 1.54) is 5.57 Å². The lowest BCUT2D eigenvalue weighted by molar-refractivity contribution is -0.115. The van der Waals surface area contributed by atoms with Gasteiger partial charge in [0.1, 0.15) is 6.17 Å². The molecule has 0 amide bonds. The maximum Gasteiger partial charge on any atom is 0.179 e. The normalized spacial score (nSPS) is 23.9. The lowest BCUT2D eigenvalue weighted by atomic mass is 10.2. The standard InChI is InChI=1S/C11H14N2O/c1-3-10(14)9-7-13-5-4-8(2)6-11(13)12-9/h4-7,11-12H,3H2,1-2H3. The van der Waals surface area contributed by atoms with Crippen molar-refractivity contribution in [3.05, 3.63) is 35.8 Å². The highest BCUT2D eigenvalue weighted by molar-refractivity contribution is 5.94. The Hall–Kier alpha value is -1.51. The summed E-state index contributed by atoms with van der Waals surface area (Å²) in [6.45, 7) is 3.92. The number of nitrogens with zero attached hydrogens (tertiary/aromatic N) is 1. The highest BCUT2D eigenvalue weighted by Crippen LogP contribution is 2.19. The molecule has 2 rings (SSSR count). The molecule has 0 radical (unpaired) electrons. The van der Waals surface area contributed by atoms with E-state index in [0.29, 0.717) is 12.1 Å². The van der Waals surface area contributed by atoms with Crippen molar-refractivity contribution in [3.8, 4) is 0 Å². The number of carbonyl (C=O) groups is 1. The summed E-state index contributed by atoms with van der Waals surface area (Å²) in [6.07, 6.45) is 8.68. The zero-order chi connectivity index (χ0) is 10.1. The van der Waals surface area contributed by atoms with E-state index in [9.17, 15) is 4.79 Å². The van der Waals surface area contributed by atoms with Crippen molar-refractivity contribution in [3.63, 3.8) is 0 Å². The van der Waals surface area contributed by atoms with Crippen LogP contribution in [0.1, 0.15) is 20.3 Å². The van der Waals surface area contributed by atoms with Crippen LogP contribution in [0.15, 0.2) is 35.8 Å². The molecule has 0 saturated carbocycles. The van der Waals surface area contributed by atoms with E-state index in [-0.39, 0.29) is 11.9 Å². The first-order chi connectivity index (χ1) is 6.70. The van der Waals surface area contributed by atoms with Crippen molar-refractivity contribution in [1.82, 2.24) is 10.2 Å². The Bertz CT molecular complexity index is 352. The molecular weight excluding hydrogens is 176 g/mol. The molecule has 2 heterocycles. The monoisotopic (exact) mass is 190 g/mol. The Balaban J connectivity index is 2.16. The quantitative estimate of drug-likeness (QED) is 0.716. The molecule has 1 atom stereocenters. The van der Waals surface area contributed by atoms with Gasteiger partial charge in [-0.25, -0.2) is 0 Å². The number of carbonyl (C=O) groups excluding carboxylic acids is 1. The minimum absolute atomic E-state index is 0.130. The van der Waals surface area contributed by atoms with Crippen LogP contribution in [0.4, 0.5) is 0 Å². The predicted molar refractivity (Wildman–Crippen MR) is 55.0 cm³/mol. The molecule has 3 heteroatoms. The Morgan fingerprint density at radius 1 is 1.64 bits per heavy atom. The predicted octanol–water partition coefficient (Wildman–Crippen LogP) is 1.51. The SMILES string of the molecule is CCC(=O)C1=CN2C=CC(C)=CC2N1. The van der Waals surface area contributed by atoms with E-state index < -0.39 is 0 Å². The van der Waals surface area contributed by atoms with Crippen LogP contribution in [0.5, 0.6) is 0 Å². The molecule has 14 heavy (non-hydrogen) atoms. The first-order valence-electron chi connectivity index (χ1n) is 4.86. The van der Waals surface area contributed by atoms with Crippen LogP contribution >= 0.6 is 0 Å². The second kappa shape index (κ2) is 3.33. The van der Waals surface area contributed by atoms with Gasteiger partial charge in [0.2, 0.25) is 0 Å². The maximum absolute atomic E-state index is 11.4. The fourth-order valence-corrected chi connectivity index (χ4v) is 1.62. The number of hydrogen-bond donors (Lipinski definition) is 1. The van der Waals surface area contributed by atoms with Gasteiger partial charge in [0, 0.05) is 18.8 Å². The first kappa shape index (κ1) is 9.06. The molecule has 0 aromatic heterocycles. The molecule has 0 saturated heterocycles. The highest BCUT2D eigenvalue weighted by atomic mass is 16.1. The van der Waals surface area contributed by atoms with Crippen molar-refractivity contribution in [2.24, 2.45) is 0 Å². The number of fused-ring (bicyclic) bond motifs is 1. The van der Waals surface area contributed by atoms with Crippen LogP contribution in [-0.4, -0.2) is 16.8 Å². The van der Waals surface area contributed by atoms with Crippen LogP contribution in [0.25, 0.3) is 0 Å². The van der Waals surface area contributed by atoms with Crippen molar-refractivity contribution in [2.75, 3.05) is 0 Å². The van der Waals surface area contributed by atoms with Crippen LogP contribution in [0.3, 0.4) is 0 Å². The summed E-state index contributed by atoms with van der Waals surface area (Å²) in [5.74, 6) is 0.166. The summed E-state index contributed by atoms with van der Waals surface area (Å²) in [5, 5.41) is 3.18. The fraction of sp³-hybridized carbons (Fsp3) is 0.364. The Morgan fingerprint density at radius 3 is 3.14 bits per heavy atom. The van der Waals surface area contributed by atoms with Gasteiger partial charge in [-0.2, -0.15) is 0 Å². The summed E-state index contributed by atoms with van der Waals surface area (Å²) < 4.78 is 0. The molecule has 74 valence electrons. The summed E-state index contributed by atoms with van der Waals surface area (Å²) >= 11 is 0. The number of rotatable bonds is 2. The van der Waals surface area contributed by atoms with Gasteiger partial charge in [0.05, 0.1) is 5.70 Å². The van der Waals surface area contributed by atoms with E-state index in [4.69, 9.17) is 0 Å². The van der Waals surface area contributed by atoms with Gasteiger partial charge in [0.25, 0.3) is 0 Å². The van der Waals surface area contributed by atoms with Gasteiger partial charge < -0.3 is 10.2 Å². The highest BCUT2D eigenvalue weighted by Gasteiger charge is 2.24. The largest absolute Gasteiger partial charge is 0.358 e. The molecular formula is C11H14N2O. The fourth-order valence-electron chi connectivity index (χ4n) is 1.62. The third-order valence-electron chi connectivity index (χ3n) is 2.45. The van der Waals surface area contributed by atoms with Crippen molar-refractivity contribution in [1.29, 1.82) is 0 Å². The molecule has 1 unspecified atom stereocenters. The number of allylic oxidation sites excluding steroid dienone is 3. The topological polar surface area (TPSA) is 32.3 Å². The average molecular weight is 190 g/mol. The van der Waals surface area contributed by atoms with Crippen LogP contribution in [0, 0.1) is 0 Å². The smallest absolute Gasteiger partial charge is 0.179 e. The molecule has 0 aromatic carbocycles. The lowest BCUT2D eigenvalue weighted by Gasteiger charge is -2.22. The van der Waals surface area contributed by atoms with Crippen molar-refractivity contribution < 1.29 is 4.79 Å². The molecule has 1 N–H and O–H groups in total. The molecule has 0 aromatic rings. The molecule has 0 bridgehead atoms. The molecule has 0 spiro atoms. The zero-order valence-corrected chi connectivity index (χ0v) is 8.45. The minimum atomic E-state index is 0.130. The van der Waals surface area contributed by atoms with E-state index in [1.54, 1.807) is 0 Å². The number of nitrogens with one attached hydrogen (secondary N) is 1. The Kier molecular flexibility index (Phi) is 2.15. The number of Topliss-reactive ketones (excluding diaryl/α,β-unsaturated/α-hetero) is 1. The van der Waals surface area contributed by atoms with E-state index in [2.05, 4.69) is 18.3 Å². The Morgan fingerprint density at radius 2 is 2.43 bits per heavy atom. The van der Waals surface area contributed by atoms with Crippen LogP contribution in [-0.2, 0) is 4.79 Å². The first-order valence-corrected chi connectivity index (χ1v) is 4.86. The summed E-state index contributed by atoms with van der Waals surface area (Å²) in [7, 11) is 0. The summed E-state index contributed by atoms with van der Waals surface area (Å²) in [4.78, 5) is 13.4. The van der Waals surface area contributed by atoms with E-state index in [1.807, 2.05) is 30.3 Å². The second-order valence-electron chi connectivity index (χ2n) is 3.58. The maximum atomic E-state index is 11.4.